The third-order valence-electron chi connectivity index (χ3n) is 4.65. The minimum absolute atomic E-state index is 0.304. The van der Waals surface area contributed by atoms with Crippen LogP contribution in [0.25, 0.3) is 0 Å². The predicted octanol–water partition coefficient (Wildman–Crippen LogP) is 2.68. The molecule has 1 saturated heterocycles. The SMILES string of the molecule is Cc1ccc(NC(=S)NC[C@H](c2ccco2)[NH+]2CCCCC2)cc1. The van der Waals surface area contributed by atoms with Gasteiger partial charge in [0.25, 0.3) is 0 Å². The zero-order valence-corrected chi connectivity index (χ0v) is 15.0. The number of piperidine rings is 1. The lowest BCUT2D eigenvalue weighted by atomic mass is 10.1. The van der Waals surface area contributed by atoms with Crippen molar-refractivity contribution in [2.45, 2.75) is 32.2 Å². The number of thiocarbonyl (C=S) groups is 1. The van der Waals surface area contributed by atoms with Crippen LogP contribution in [0.15, 0.2) is 47.1 Å². The Hall–Kier alpha value is -1.85. The first kappa shape index (κ1) is 17.0. The van der Waals surface area contributed by atoms with Crippen LogP contribution in [0.2, 0.25) is 0 Å². The van der Waals surface area contributed by atoms with Gasteiger partial charge in [-0.3, -0.25) is 0 Å². The summed E-state index contributed by atoms with van der Waals surface area (Å²) in [5.74, 6) is 1.04. The fraction of sp³-hybridized carbons (Fsp3) is 0.421. The van der Waals surface area contributed by atoms with Crippen LogP contribution >= 0.6 is 12.2 Å². The summed E-state index contributed by atoms with van der Waals surface area (Å²) in [4.78, 5) is 1.59. The highest BCUT2D eigenvalue weighted by Crippen LogP contribution is 2.12. The molecule has 2 aromatic rings. The standard InChI is InChI=1S/C19H25N3OS/c1-15-7-9-16(10-8-15)21-19(24)20-14-17(18-6-5-13-23-18)22-11-3-2-4-12-22/h5-10,13,17H,2-4,11-12,14H2,1H3,(H2,20,21,24)/p+1/t17-/m1/s1. The van der Waals surface area contributed by atoms with Crippen LogP contribution in [0.5, 0.6) is 0 Å². The first-order valence-electron chi connectivity index (χ1n) is 8.72. The van der Waals surface area contributed by atoms with Crippen LogP contribution < -0.4 is 15.5 Å². The van der Waals surface area contributed by atoms with Gasteiger partial charge >= 0.3 is 0 Å². The molecule has 1 aromatic heterocycles. The summed E-state index contributed by atoms with van der Waals surface area (Å²) in [6.07, 6.45) is 5.68. The Morgan fingerprint density at radius 3 is 2.58 bits per heavy atom. The van der Waals surface area contributed by atoms with Gasteiger partial charge in [-0.2, -0.15) is 0 Å². The summed E-state index contributed by atoms with van der Waals surface area (Å²) >= 11 is 5.46. The van der Waals surface area contributed by atoms with Crippen molar-refractivity contribution in [3.05, 3.63) is 54.0 Å². The molecule has 1 aliphatic rings. The number of hydrogen-bond donors (Lipinski definition) is 3. The Morgan fingerprint density at radius 2 is 1.92 bits per heavy atom. The molecule has 4 nitrogen and oxygen atoms in total. The smallest absolute Gasteiger partial charge is 0.171 e. The van der Waals surface area contributed by atoms with Gasteiger partial charge in [0, 0.05) is 5.69 Å². The molecule has 3 N–H and O–H groups in total. The van der Waals surface area contributed by atoms with E-state index in [0.29, 0.717) is 11.2 Å². The van der Waals surface area contributed by atoms with Crippen molar-refractivity contribution in [3.8, 4) is 0 Å². The van der Waals surface area contributed by atoms with Gasteiger partial charge < -0.3 is 20.0 Å². The quantitative estimate of drug-likeness (QED) is 0.730. The lowest BCUT2D eigenvalue weighted by molar-refractivity contribution is -0.936. The molecular weight excluding hydrogens is 318 g/mol. The van der Waals surface area contributed by atoms with E-state index in [2.05, 4.69) is 35.8 Å². The van der Waals surface area contributed by atoms with Crippen molar-refractivity contribution >= 4 is 23.0 Å². The molecule has 0 aliphatic carbocycles. The Kier molecular flexibility index (Phi) is 5.88. The number of benzene rings is 1. The Labute approximate surface area is 149 Å². The van der Waals surface area contributed by atoms with Crippen LogP contribution in [0.4, 0.5) is 5.69 Å². The highest BCUT2D eigenvalue weighted by Gasteiger charge is 2.28. The minimum atomic E-state index is 0.304. The summed E-state index contributed by atoms with van der Waals surface area (Å²) in [7, 11) is 0. The van der Waals surface area contributed by atoms with Crippen LogP contribution in [0, 0.1) is 6.92 Å². The monoisotopic (exact) mass is 344 g/mol. The van der Waals surface area contributed by atoms with Gasteiger partial charge in [-0.05, 0) is 62.7 Å². The minimum Gasteiger partial charge on any atom is -0.463 e. The van der Waals surface area contributed by atoms with E-state index in [1.54, 1.807) is 11.2 Å². The number of quaternary nitrogens is 1. The van der Waals surface area contributed by atoms with Crippen molar-refractivity contribution in [1.82, 2.24) is 5.32 Å². The predicted molar refractivity (Wildman–Crippen MR) is 101 cm³/mol. The molecule has 0 unspecified atom stereocenters. The fourth-order valence-electron chi connectivity index (χ4n) is 3.30. The van der Waals surface area contributed by atoms with Crippen molar-refractivity contribution < 1.29 is 9.32 Å². The van der Waals surface area contributed by atoms with E-state index < -0.39 is 0 Å². The van der Waals surface area contributed by atoms with E-state index >= 15 is 0 Å². The normalized spacial score (nSPS) is 16.5. The third-order valence-corrected chi connectivity index (χ3v) is 4.90. The average molecular weight is 345 g/mol. The molecule has 5 heteroatoms. The van der Waals surface area contributed by atoms with E-state index in [-0.39, 0.29) is 0 Å². The van der Waals surface area contributed by atoms with Crippen molar-refractivity contribution in [2.75, 3.05) is 25.0 Å². The highest BCUT2D eigenvalue weighted by atomic mass is 32.1. The van der Waals surface area contributed by atoms with Gasteiger partial charge in [-0.1, -0.05) is 17.7 Å². The fourth-order valence-corrected chi connectivity index (χ4v) is 3.50. The summed E-state index contributed by atoms with van der Waals surface area (Å²) in [5.41, 5.74) is 2.25. The molecule has 24 heavy (non-hydrogen) atoms. The molecule has 128 valence electrons. The molecule has 0 amide bonds. The van der Waals surface area contributed by atoms with E-state index in [9.17, 15) is 0 Å². The second-order valence-electron chi connectivity index (χ2n) is 6.49. The maximum atomic E-state index is 5.69. The van der Waals surface area contributed by atoms with Gasteiger partial charge in [0.1, 0.15) is 0 Å². The molecule has 0 spiro atoms. The van der Waals surface area contributed by atoms with Crippen LogP contribution in [-0.2, 0) is 0 Å². The maximum absolute atomic E-state index is 5.69. The average Bonchev–Trinajstić information content (AvgIpc) is 3.12. The van der Waals surface area contributed by atoms with Gasteiger partial charge in [0.15, 0.2) is 16.9 Å². The first-order valence-corrected chi connectivity index (χ1v) is 9.13. The zero-order chi connectivity index (χ0) is 16.8. The zero-order valence-electron chi connectivity index (χ0n) is 14.2. The lowest BCUT2D eigenvalue weighted by Crippen LogP contribution is -3.13. The number of likely N-dealkylation sites (tertiary alicyclic amines) is 1. The molecule has 1 atom stereocenters. The highest BCUT2D eigenvalue weighted by molar-refractivity contribution is 7.80. The largest absolute Gasteiger partial charge is 0.463 e. The number of aryl methyl sites for hydroxylation is 1. The number of nitrogens with one attached hydrogen (secondary N) is 3. The molecule has 1 fully saturated rings. The van der Waals surface area contributed by atoms with Gasteiger partial charge in [-0.15, -0.1) is 0 Å². The van der Waals surface area contributed by atoms with E-state index in [1.165, 1.54) is 37.9 Å². The molecule has 0 radical (unpaired) electrons. The van der Waals surface area contributed by atoms with E-state index in [1.807, 2.05) is 18.2 Å². The number of hydrogen-bond acceptors (Lipinski definition) is 2. The van der Waals surface area contributed by atoms with Gasteiger partial charge in [0.05, 0.1) is 25.9 Å². The molecule has 0 bridgehead atoms. The van der Waals surface area contributed by atoms with Crippen LogP contribution in [-0.4, -0.2) is 24.7 Å². The third kappa shape index (κ3) is 4.58. The summed E-state index contributed by atoms with van der Waals surface area (Å²) in [6, 6.07) is 12.6. The number of rotatable bonds is 5. The Bertz CT molecular complexity index is 633. The van der Waals surface area contributed by atoms with E-state index in [0.717, 1.165) is 18.0 Å². The number of anilines is 1. The first-order chi connectivity index (χ1) is 11.7. The molecule has 3 rings (SSSR count). The van der Waals surface area contributed by atoms with E-state index in [4.69, 9.17) is 16.6 Å². The summed E-state index contributed by atoms with van der Waals surface area (Å²) < 4.78 is 5.69. The second kappa shape index (κ2) is 8.31. The molecule has 2 heterocycles. The topological polar surface area (TPSA) is 41.6 Å². The Balaban J connectivity index is 1.58. The van der Waals surface area contributed by atoms with Crippen LogP contribution in [0.3, 0.4) is 0 Å². The lowest BCUT2D eigenvalue weighted by Gasteiger charge is -2.30. The molecule has 1 aromatic carbocycles. The van der Waals surface area contributed by atoms with Crippen molar-refractivity contribution in [2.24, 2.45) is 0 Å². The molecule has 0 saturated carbocycles. The maximum Gasteiger partial charge on any atom is 0.171 e. The summed E-state index contributed by atoms with van der Waals surface area (Å²) in [6.45, 7) is 5.26. The van der Waals surface area contributed by atoms with Crippen LogP contribution in [0.1, 0.15) is 36.6 Å². The molecular formula is C19H26N3OS+. The van der Waals surface area contributed by atoms with Crippen molar-refractivity contribution in [1.29, 1.82) is 0 Å². The number of furan rings is 1. The van der Waals surface area contributed by atoms with Crippen molar-refractivity contribution in [3.63, 3.8) is 0 Å². The summed E-state index contributed by atoms with van der Waals surface area (Å²) in [5, 5.41) is 7.28. The Morgan fingerprint density at radius 1 is 1.17 bits per heavy atom. The van der Waals surface area contributed by atoms with Gasteiger partial charge in [-0.25, -0.2) is 0 Å². The van der Waals surface area contributed by atoms with Gasteiger partial charge in [0.2, 0.25) is 0 Å². The molecule has 1 aliphatic heterocycles. The second-order valence-corrected chi connectivity index (χ2v) is 6.90.